The third-order valence-electron chi connectivity index (χ3n) is 6.77. The summed E-state index contributed by atoms with van der Waals surface area (Å²) >= 11 is 2.02. The summed E-state index contributed by atoms with van der Waals surface area (Å²) < 4.78 is 88.2. The molecule has 2 bridgehead atoms. The maximum absolute atomic E-state index is 15.1. The fraction of sp³-hybridized carbons (Fsp3) is 0.647. The van der Waals surface area contributed by atoms with E-state index in [1.807, 2.05) is 6.08 Å². The summed E-state index contributed by atoms with van der Waals surface area (Å²) in [6.45, 7) is 5.20. The smallest absolute Gasteiger partial charge is 0.199 e. The number of halogens is 6. The second-order valence-electron chi connectivity index (χ2n) is 7.94. The third kappa shape index (κ3) is 1.24. The van der Waals surface area contributed by atoms with Gasteiger partial charge in [0, 0.05) is 26.6 Å². The molecule has 5 aliphatic rings. The topological polar surface area (TPSA) is 0 Å². The van der Waals surface area contributed by atoms with E-state index in [0.717, 1.165) is 28.4 Å². The fourth-order valence-corrected chi connectivity index (χ4v) is 9.24. The van der Waals surface area contributed by atoms with Crippen molar-refractivity contribution in [1.29, 1.82) is 0 Å². The van der Waals surface area contributed by atoms with E-state index in [1.165, 1.54) is 0 Å². The molecule has 3 aliphatic carbocycles. The Labute approximate surface area is 149 Å². The molecule has 4 atom stereocenters. The molecule has 0 nitrogen and oxygen atoms in total. The Balaban J connectivity index is 1.93. The maximum Gasteiger partial charge on any atom is 0.376 e. The molecular formula is C17H14F6S2. The van der Waals surface area contributed by atoms with Crippen molar-refractivity contribution in [2.45, 2.75) is 50.2 Å². The molecule has 2 saturated carbocycles. The summed E-state index contributed by atoms with van der Waals surface area (Å²) in [6, 6.07) is 0. The highest BCUT2D eigenvalue weighted by Crippen LogP contribution is 2.90. The van der Waals surface area contributed by atoms with Gasteiger partial charge < -0.3 is 0 Å². The predicted molar refractivity (Wildman–Crippen MR) is 85.9 cm³/mol. The van der Waals surface area contributed by atoms with Gasteiger partial charge in [-0.05, 0) is 30.1 Å². The van der Waals surface area contributed by atoms with E-state index in [0.29, 0.717) is 4.91 Å². The lowest BCUT2D eigenvalue weighted by atomic mass is 9.63. The highest BCUT2D eigenvalue weighted by Gasteiger charge is 2.97. The van der Waals surface area contributed by atoms with E-state index in [4.69, 9.17) is 0 Å². The molecule has 4 unspecified atom stereocenters. The van der Waals surface area contributed by atoms with E-state index in [2.05, 4.69) is 0 Å². The van der Waals surface area contributed by atoms with Crippen LogP contribution in [0.4, 0.5) is 26.3 Å². The van der Waals surface area contributed by atoms with Crippen LogP contribution in [0, 0.1) is 16.2 Å². The van der Waals surface area contributed by atoms with Crippen molar-refractivity contribution < 1.29 is 26.3 Å². The van der Waals surface area contributed by atoms with Gasteiger partial charge >= 0.3 is 17.8 Å². The number of rotatable bonds is 0. The molecule has 2 heterocycles. The summed E-state index contributed by atoms with van der Waals surface area (Å²) in [4.78, 5) is 1.47. The van der Waals surface area contributed by atoms with Crippen LogP contribution < -0.4 is 0 Å². The van der Waals surface area contributed by atoms with Gasteiger partial charge in [0.1, 0.15) is 0 Å². The summed E-state index contributed by atoms with van der Waals surface area (Å²) in [6.07, 6.45) is 3.22. The van der Waals surface area contributed by atoms with Crippen LogP contribution in [0.25, 0.3) is 0 Å². The van der Waals surface area contributed by atoms with Crippen molar-refractivity contribution in [1.82, 2.24) is 0 Å². The van der Waals surface area contributed by atoms with E-state index in [-0.39, 0.29) is 11.3 Å². The minimum atomic E-state index is -5.38. The van der Waals surface area contributed by atoms with E-state index in [1.54, 1.807) is 26.8 Å². The molecule has 25 heavy (non-hydrogen) atoms. The number of fused-ring (bicyclic) bond motifs is 1. The molecule has 0 saturated heterocycles. The minimum Gasteiger partial charge on any atom is -0.199 e. The molecule has 2 spiro atoms. The van der Waals surface area contributed by atoms with Crippen molar-refractivity contribution in [2.75, 3.05) is 0 Å². The molecule has 2 fully saturated rings. The molecule has 136 valence electrons. The van der Waals surface area contributed by atoms with Crippen LogP contribution in [0.1, 0.15) is 27.2 Å². The molecular weight excluding hydrogens is 382 g/mol. The number of hydrogen-bond donors (Lipinski definition) is 0. The highest BCUT2D eigenvalue weighted by atomic mass is 32.2. The Morgan fingerprint density at radius 3 is 2.24 bits per heavy atom. The van der Waals surface area contributed by atoms with Crippen molar-refractivity contribution >= 4 is 23.5 Å². The first-order valence-electron chi connectivity index (χ1n) is 7.92. The molecule has 8 heteroatoms. The SMILES string of the molecule is CC1=CC23CC4(C(=C2S1)C(F)(F)C(F)(F)C4(F)F)C1SC(C)=CC13C. The normalized spacial score (nSPS) is 49.9. The van der Waals surface area contributed by atoms with Crippen LogP contribution in [-0.2, 0) is 0 Å². The lowest BCUT2D eigenvalue weighted by molar-refractivity contribution is -0.285. The lowest BCUT2D eigenvalue weighted by Gasteiger charge is -2.44. The number of allylic oxidation sites excluding steroid dienone is 6. The summed E-state index contributed by atoms with van der Waals surface area (Å²) in [5.41, 5.74) is -5.40. The van der Waals surface area contributed by atoms with Gasteiger partial charge in [-0.25, -0.2) is 0 Å². The minimum absolute atomic E-state index is 0.0390. The van der Waals surface area contributed by atoms with Crippen molar-refractivity contribution in [3.8, 4) is 0 Å². The standard InChI is InChI=1S/C17H14F6S2/c1-7-4-12(3)11(25-7)14-6-13(12)5-8(2)24-10(13)9(14)15(18,19)17(22,23)16(14,20)21/h4-5,11H,6H2,1-3H3. The first-order chi connectivity index (χ1) is 11.3. The molecule has 0 N–H and O–H groups in total. The van der Waals surface area contributed by atoms with Gasteiger partial charge in [-0.2, -0.15) is 26.3 Å². The Morgan fingerprint density at radius 1 is 0.960 bits per heavy atom. The summed E-state index contributed by atoms with van der Waals surface area (Å²) in [5, 5.41) is -1.02. The van der Waals surface area contributed by atoms with Gasteiger partial charge in [0.2, 0.25) is 0 Å². The first kappa shape index (κ1) is 16.7. The van der Waals surface area contributed by atoms with E-state index in [9.17, 15) is 17.6 Å². The monoisotopic (exact) mass is 396 g/mol. The Morgan fingerprint density at radius 2 is 1.60 bits per heavy atom. The largest absolute Gasteiger partial charge is 0.376 e. The van der Waals surface area contributed by atoms with Gasteiger partial charge in [0.15, 0.2) is 0 Å². The Kier molecular flexibility index (Phi) is 2.57. The average Bonchev–Trinajstić information content (AvgIpc) is 3.09. The summed E-state index contributed by atoms with van der Waals surface area (Å²) in [5.74, 6) is -15.0. The maximum atomic E-state index is 15.1. The van der Waals surface area contributed by atoms with Gasteiger partial charge in [0.05, 0.1) is 5.41 Å². The third-order valence-corrected chi connectivity index (χ3v) is 9.60. The predicted octanol–water partition coefficient (Wildman–Crippen LogP) is 6.23. The van der Waals surface area contributed by atoms with Crippen molar-refractivity contribution in [2.24, 2.45) is 16.2 Å². The van der Waals surface area contributed by atoms with Gasteiger partial charge in [-0.1, -0.05) is 30.8 Å². The van der Waals surface area contributed by atoms with Crippen LogP contribution in [0.15, 0.2) is 32.4 Å². The molecule has 0 aromatic heterocycles. The van der Waals surface area contributed by atoms with Gasteiger partial charge in [-0.3, -0.25) is 0 Å². The van der Waals surface area contributed by atoms with Gasteiger partial charge in [-0.15, -0.1) is 11.8 Å². The van der Waals surface area contributed by atoms with Gasteiger partial charge in [0.25, 0.3) is 0 Å². The zero-order valence-electron chi connectivity index (χ0n) is 13.5. The van der Waals surface area contributed by atoms with Crippen LogP contribution in [0.3, 0.4) is 0 Å². The first-order valence-corrected chi connectivity index (χ1v) is 9.62. The fourth-order valence-electron chi connectivity index (χ4n) is 5.95. The zero-order chi connectivity index (χ0) is 18.4. The second-order valence-corrected chi connectivity index (χ2v) is 10.5. The highest BCUT2D eigenvalue weighted by molar-refractivity contribution is 8.07. The van der Waals surface area contributed by atoms with Crippen LogP contribution >= 0.6 is 23.5 Å². The molecule has 0 aromatic carbocycles. The second kappa shape index (κ2) is 3.86. The molecule has 2 aliphatic heterocycles. The zero-order valence-corrected chi connectivity index (χ0v) is 15.2. The number of thioether (sulfide) groups is 2. The van der Waals surface area contributed by atoms with E-state index >= 15 is 8.78 Å². The van der Waals surface area contributed by atoms with Crippen molar-refractivity contribution in [3.05, 3.63) is 32.4 Å². The Bertz CT molecular complexity index is 840. The Hall–Kier alpha value is -0.500. The number of hydrogen-bond acceptors (Lipinski definition) is 2. The molecule has 0 radical (unpaired) electrons. The van der Waals surface area contributed by atoms with Crippen LogP contribution in [-0.4, -0.2) is 23.0 Å². The molecule has 5 rings (SSSR count). The lowest BCUT2D eigenvalue weighted by Crippen LogP contribution is -2.53. The van der Waals surface area contributed by atoms with Crippen LogP contribution in [0.2, 0.25) is 0 Å². The van der Waals surface area contributed by atoms with Crippen LogP contribution in [0.5, 0.6) is 0 Å². The van der Waals surface area contributed by atoms with E-state index < -0.39 is 44.8 Å². The number of alkyl halides is 6. The summed E-state index contributed by atoms with van der Waals surface area (Å²) in [7, 11) is 0. The molecule has 0 aromatic rings. The van der Waals surface area contributed by atoms with Crippen molar-refractivity contribution in [3.63, 3.8) is 0 Å². The molecule has 0 amide bonds. The quantitative estimate of drug-likeness (QED) is 0.446. The average molecular weight is 396 g/mol.